The highest BCUT2D eigenvalue weighted by molar-refractivity contribution is 7.09. The summed E-state index contributed by atoms with van der Waals surface area (Å²) >= 11 is 1.71. The summed E-state index contributed by atoms with van der Waals surface area (Å²) in [6.45, 7) is 0.942. The van der Waals surface area contributed by atoms with E-state index in [0.717, 1.165) is 13.0 Å². The Morgan fingerprint density at radius 2 is 2.07 bits per heavy atom. The number of nitrogens with one attached hydrogen (secondary N) is 1. The minimum absolute atomic E-state index is 0.942. The molecule has 2 nitrogen and oxygen atoms in total. The average Bonchev–Trinajstić information content (AvgIpc) is 2.72. The zero-order chi connectivity index (χ0) is 9.64. The van der Waals surface area contributed by atoms with Crippen LogP contribution in [0.25, 0.3) is 0 Å². The second kappa shape index (κ2) is 4.77. The maximum Gasteiger partial charge on any atom is 0.0942 e. The number of thiazole rings is 1. The lowest BCUT2D eigenvalue weighted by Gasteiger charge is -2.03. The molecule has 0 bridgehead atoms. The van der Waals surface area contributed by atoms with Crippen LogP contribution in [0, 0.1) is 0 Å². The number of hydrogen-bond donors (Lipinski definition) is 1. The summed E-state index contributed by atoms with van der Waals surface area (Å²) in [5, 5.41) is 6.55. The van der Waals surface area contributed by atoms with E-state index in [1.807, 2.05) is 29.8 Å². The fourth-order valence-electron chi connectivity index (χ4n) is 1.25. The smallest absolute Gasteiger partial charge is 0.0942 e. The molecule has 3 heteroatoms. The zero-order valence-electron chi connectivity index (χ0n) is 7.81. The van der Waals surface area contributed by atoms with Crippen molar-refractivity contribution in [3.63, 3.8) is 0 Å². The third-order valence-corrected chi connectivity index (χ3v) is 2.76. The van der Waals surface area contributed by atoms with E-state index in [1.165, 1.54) is 10.7 Å². The summed E-state index contributed by atoms with van der Waals surface area (Å²) in [6, 6.07) is 10.2. The van der Waals surface area contributed by atoms with Gasteiger partial charge in [-0.25, -0.2) is 4.98 Å². The first-order valence-corrected chi connectivity index (χ1v) is 5.50. The lowest BCUT2D eigenvalue weighted by atomic mass is 10.3. The average molecular weight is 204 g/mol. The van der Waals surface area contributed by atoms with Crippen molar-refractivity contribution in [3.8, 4) is 0 Å². The summed E-state index contributed by atoms with van der Waals surface area (Å²) in [5.74, 6) is 0. The molecule has 1 aromatic heterocycles. The maximum atomic E-state index is 4.23. The van der Waals surface area contributed by atoms with Crippen molar-refractivity contribution >= 4 is 17.0 Å². The maximum absolute atomic E-state index is 4.23. The van der Waals surface area contributed by atoms with E-state index in [1.54, 1.807) is 11.3 Å². The molecule has 0 unspecified atom stereocenters. The van der Waals surface area contributed by atoms with E-state index in [2.05, 4.69) is 22.4 Å². The molecular formula is C11H12N2S. The lowest BCUT2D eigenvalue weighted by Crippen LogP contribution is -2.04. The molecular weight excluding hydrogens is 192 g/mol. The van der Waals surface area contributed by atoms with Gasteiger partial charge in [-0.15, -0.1) is 11.3 Å². The molecule has 0 aliphatic rings. The number of benzene rings is 1. The van der Waals surface area contributed by atoms with Crippen LogP contribution < -0.4 is 5.32 Å². The van der Waals surface area contributed by atoms with Gasteiger partial charge in [0.25, 0.3) is 0 Å². The molecule has 14 heavy (non-hydrogen) atoms. The zero-order valence-corrected chi connectivity index (χ0v) is 8.63. The summed E-state index contributed by atoms with van der Waals surface area (Å²) < 4.78 is 0. The van der Waals surface area contributed by atoms with Crippen LogP contribution in [0.4, 0.5) is 5.69 Å². The van der Waals surface area contributed by atoms with Crippen molar-refractivity contribution in [2.75, 3.05) is 11.9 Å². The van der Waals surface area contributed by atoms with Crippen molar-refractivity contribution in [2.24, 2.45) is 0 Å². The fraction of sp³-hybridized carbons (Fsp3) is 0.182. The quantitative estimate of drug-likeness (QED) is 0.828. The van der Waals surface area contributed by atoms with E-state index >= 15 is 0 Å². The van der Waals surface area contributed by atoms with Crippen LogP contribution in [0.2, 0.25) is 0 Å². The highest BCUT2D eigenvalue weighted by atomic mass is 32.1. The second-order valence-corrected chi connectivity index (χ2v) is 3.95. The molecule has 2 rings (SSSR count). The van der Waals surface area contributed by atoms with Gasteiger partial charge in [-0.05, 0) is 12.1 Å². The first kappa shape index (κ1) is 9.21. The highest BCUT2D eigenvalue weighted by Crippen LogP contribution is 2.07. The summed E-state index contributed by atoms with van der Waals surface area (Å²) in [6.07, 6.45) is 2.84. The van der Waals surface area contributed by atoms with E-state index < -0.39 is 0 Å². The molecule has 0 aliphatic carbocycles. The monoisotopic (exact) mass is 204 g/mol. The van der Waals surface area contributed by atoms with Crippen LogP contribution in [0.15, 0.2) is 41.9 Å². The lowest BCUT2D eigenvalue weighted by molar-refractivity contribution is 0.998. The van der Waals surface area contributed by atoms with Crippen LogP contribution >= 0.6 is 11.3 Å². The van der Waals surface area contributed by atoms with Crippen molar-refractivity contribution in [3.05, 3.63) is 46.9 Å². The first-order chi connectivity index (χ1) is 6.95. The Balaban J connectivity index is 1.79. The predicted molar refractivity (Wildman–Crippen MR) is 60.7 cm³/mol. The molecule has 2 aromatic rings. The standard InChI is InChI=1S/C11H12N2S/c1-2-4-10(5-3-1)12-7-6-11-13-8-9-14-11/h1-5,8-9,12H,6-7H2. The minimum Gasteiger partial charge on any atom is -0.385 e. The third kappa shape index (κ3) is 2.57. The second-order valence-electron chi connectivity index (χ2n) is 2.97. The van der Waals surface area contributed by atoms with Gasteiger partial charge in [-0.3, -0.25) is 0 Å². The molecule has 0 amide bonds. The van der Waals surface area contributed by atoms with Gasteiger partial charge in [-0.1, -0.05) is 18.2 Å². The van der Waals surface area contributed by atoms with Gasteiger partial charge in [0.1, 0.15) is 0 Å². The Morgan fingerprint density at radius 3 is 2.79 bits per heavy atom. The largest absolute Gasteiger partial charge is 0.385 e. The van der Waals surface area contributed by atoms with E-state index in [4.69, 9.17) is 0 Å². The van der Waals surface area contributed by atoms with Crippen molar-refractivity contribution < 1.29 is 0 Å². The molecule has 0 saturated carbocycles. The van der Waals surface area contributed by atoms with Crippen LogP contribution in [-0.4, -0.2) is 11.5 Å². The number of anilines is 1. The Morgan fingerprint density at radius 1 is 1.21 bits per heavy atom. The van der Waals surface area contributed by atoms with Gasteiger partial charge in [0.2, 0.25) is 0 Å². The Bertz CT molecular complexity index is 356. The predicted octanol–water partition coefficient (Wildman–Crippen LogP) is 2.80. The number of para-hydroxylation sites is 1. The van der Waals surface area contributed by atoms with Crippen LogP contribution in [0.1, 0.15) is 5.01 Å². The fourth-order valence-corrected chi connectivity index (χ4v) is 1.87. The number of nitrogens with zero attached hydrogens (tertiary/aromatic N) is 1. The highest BCUT2D eigenvalue weighted by Gasteiger charge is 1.94. The molecule has 1 heterocycles. The third-order valence-electron chi connectivity index (χ3n) is 1.93. The number of hydrogen-bond acceptors (Lipinski definition) is 3. The normalized spacial score (nSPS) is 10.0. The van der Waals surface area contributed by atoms with Crippen molar-refractivity contribution in [2.45, 2.75) is 6.42 Å². The van der Waals surface area contributed by atoms with E-state index in [-0.39, 0.29) is 0 Å². The molecule has 0 atom stereocenters. The topological polar surface area (TPSA) is 24.9 Å². The van der Waals surface area contributed by atoms with E-state index in [0.29, 0.717) is 0 Å². The van der Waals surface area contributed by atoms with Crippen LogP contribution in [0.3, 0.4) is 0 Å². The van der Waals surface area contributed by atoms with Gasteiger partial charge in [0, 0.05) is 30.2 Å². The molecule has 0 radical (unpaired) electrons. The molecule has 0 aliphatic heterocycles. The molecule has 1 aromatic carbocycles. The SMILES string of the molecule is c1ccc(NCCc2nccs2)cc1. The molecule has 0 fully saturated rings. The van der Waals surface area contributed by atoms with E-state index in [9.17, 15) is 0 Å². The first-order valence-electron chi connectivity index (χ1n) is 4.62. The summed E-state index contributed by atoms with van der Waals surface area (Å²) in [4.78, 5) is 4.23. The summed E-state index contributed by atoms with van der Waals surface area (Å²) in [7, 11) is 0. The van der Waals surface area contributed by atoms with Crippen molar-refractivity contribution in [1.82, 2.24) is 4.98 Å². The Hall–Kier alpha value is -1.35. The van der Waals surface area contributed by atoms with Gasteiger partial charge in [0.05, 0.1) is 5.01 Å². The molecule has 0 saturated heterocycles. The summed E-state index contributed by atoms with van der Waals surface area (Å²) in [5.41, 5.74) is 1.17. The van der Waals surface area contributed by atoms with Crippen LogP contribution in [-0.2, 0) is 6.42 Å². The number of aromatic nitrogens is 1. The Labute approximate surface area is 87.6 Å². The number of rotatable bonds is 4. The van der Waals surface area contributed by atoms with Crippen LogP contribution in [0.5, 0.6) is 0 Å². The minimum atomic E-state index is 0.942. The molecule has 0 spiro atoms. The molecule has 72 valence electrons. The van der Waals surface area contributed by atoms with Gasteiger partial charge < -0.3 is 5.32 Å². The van der Waals surface area contributed by atoms with Crippen molar-refractivity contribution in [1.29, 1.82) is 0 Å². The van der Waals surface area contributed by atoms with Gasteiger partial charge in [-0.2, -0.15) is 0 Å². The van der Waals surface area contributed by atoms with Gasteiger partial charge >= 0.3 is 0 Å². The molecule has 1 N–H and O–H groups in total. The Kier molecular flexibility index (Phi) is 3.14. The van der Waals surface area contributed by atoms with Gasteiger partial charge in [0.15, 0.2) is 0 Å².